The first kappa shape index (κ1) is 23.4. The van der Waals surface area contributed by atoms with Gasteiger partial charge in [-0.1, -0.05) is 81.4 Å². The van der Waals surface area contributed by atoms with E-state index < -0.39 is 0 Å². The fourth-order valence-electron chi connectivity index (χ4n) is 5.45. The van der Waals surface area contributed by atoms with Crippen molar-refractivity contribution < 1.29 is 4.42 Å². The second-order valence-corrected chi connectivity index (χ2v) is 11.2. The lowest BCUT2D eigenvalue weighted by Crippen LogP contribution is -2.11. The SMILES string of the molecule is Cc1ccc(-c2nc3ccccc3n2-c2ccc(C(C)(C)C)cc2)c2oc3nc(-c4ccccc4)ccc3c12. The van der Waals surface area contributed by atoms with Gasteiger partial charge in [-0.25, -0.2) is 9.97 Å². The van der Waals surface area contributed by atoms with Gasteiger partial charge in [0.2, 0.25) is 5.71 Å². The average Bonchev–Trinajstić information content (AvgIpc) is 3.52. The molecule has 4 heteroatoms. The molecule has 0 aliphatic carbocycles. The van der Waals surface area contributed by atoms with Crippen LogP contribution in [-0.4, -0.2) is 14.5 Å². The molecule has 3 aromatic heterocycles. The molecule has 0 aliphatic rings. The van der Waals surface area contributed by atoms with E-state index in [1.807, 2.05) is 24.3 Å². The second-order valence-electron chi connectivity index (χ2n) is 11.2. The fraction of sp³-hybridized carbons (Fsp3) is 0.143. The Morgan fingerprint density at radius 2 is 1.46 bits per heavy atom. The standard InChI is InChI=1S/C35H29N3O/c1-22-14-19-27(32-31(22)26-20-21-28(37-34(26)39-32)23-10-6-5-7-11-23)33-36-29-12-8-9-13-30(29)38(33)25-17-15-24(16-18-25)35(2,3)4/h5-21H,1-4H3. The molecule has 3 heterocycles. The van der Waals surface area contributed by atoms with Crippen LogP contribution in [0.4, 0.5) is 0 Å². The molecular formula is C35H29N3O. The van der Waals surface area contributed by atoms with E-state index in [0.29, 0.717) is 5.71 Å². The van der Waals surface area contributed by atoms with Crippen LogP contribution in [0.5, 0.6) is 0 Å². The number of nitrogens with zero attached hydrogens (tertiary/aromatic N) is 3. The van der Waals surface area contributed by atoms with Gasteiger partial charge in [0.1, 0.15) is 11.4 Å². The summed E-state index contributed by atoms with van der Waals surface area (Å²) in [5.74, 6) is 0.854. The number of hydrogen-bond donors (Lipinski definition) is 0. The van der Waals surface area contributed by atoms with E-state index in [0.717, 1.165) is 61.3 Å². The number of imidazole rings is 1. The van der Waals surface area contributed by atoms with Gasteiger partial charge in [-0.2, -0.15) is 0 Å². The first-order valence-corrected chi connectivity index (χ1v) is 13.4. The Kier molecular flexibility index (Phi) is 5.21. The summed E-state index contributed by atoms with van der Waals surface area (Å²) in [5.41, 5.74) is 9.97. The minimum atomic E-state index is 0.0847. The molecule has 0 saturated heterocycles. The zero-order chi connectivity index (χ0) is 26.7. The van der Waals surface area contributed by atoms with Crippen molar-refractivity contribution in [3.8, 4) is 28.3 Å². The molecule has 0 N–H and O–H groups in total. The molecule has 0 aliphatic heterocycles. The molecule has 0 saturated carbocycles. The topological polar surface area (TPSA) is 43.9 Å². The van der Waals surface area contributed by atoms with E-state index in [4.69, 9.17) is 14.4 Å². The number of fused-ring (bicyclic) bond motifs is 4. The predicted octanol–water partition coefficient (Wildman–Crippen LogP) is 9.26. The number of aryl methyl sites for hydroxylation is 1. The maximum absolute atomic E-state index is 6.57. The summed E-state index contributed by atoms with van der Waals surface area (Å²) in [7, 11) is 0. The lowest BCUT2D eigenvalue weighted by molar-refractivity contribution is 0.590. The minimum absolute atomic E-state index is 0.0847. The van der Waals surface area contributed by atoms with Crippen LogP contribution in [0, 0.1) is 6.92 Å². The highest BCUT2D eigenvalue weighted by Crippen LogP contribution is 2.39. The monoisotopic (exact) mass is 507 g/mol. The first-order valence-electron chi connectivity index (χ1n) is 13.4. The highest BCUT2D eigenvalue weighted by molar-refractivity contribution is 6.10. The third kappa shape index (κ3) is 3.83. The van der Waals surface area contributed by atoms with E-state index in [9.17, 15) is 0 Å². The lowest BCUT2D eigenvalue weighted by atomic mass is 9.87. The van der Waals surface area contributed by atoms with Gasteiger partial charge in [-0.15, -0.1) is 0 Å². The summed E-state index contributed by atoms with van der Waals surface area (Å²) in [5, 5.41) is 2.09. The van der Waals surface area contributed by atoms with Crippen molar-refractivity contribution in [3.63, 3.8) is 0 Å². The van der Waals surface area contributed by atoms with Crippen molar-refractivity contribution in [2.24, 2.45) is 0 Å². The zero-order valence-electron chi connectivity index (χ0n) is 22.6. The van der Waals surface area contributed by atoms with Gasteiger partial charge >= 0.3 is 0 Å². The van der Waals surface area contributed by atoms with E-state index in [-0.39, 0.29) is 5.41 Å². The lowest BCUT2D eigenvalue weighted by Gasteiger charge is -2.19. The molecule has 0 fully saturated rings. The number of aromatic nitrogens is 3. The van der Waals surface area contributed by atoms with Crippen molar-refractivity contribution in [2.45, 2.75) is 33.1 Å². The number of para-hydroxylation sites is 2. The van der Waals surface area contributed by atoms with E-state index in [2.05, 4.69) is 111 Å². The van der Waals surface area contributed by atoms with Crippen LogP contribution in [0.2, 0.25) is 0 Å². The molecule has 39 heavy (non-hydrogen) atoms. The van der Waals surface area contributed by atoms with Crippen LogP contribution in [0.25, 0.3) is 61.4 Å². The van der Waals surface area contributed by atoms with Crippen LogP contribution in [0.1, 0.15) is 31.9 Å². The van der Waals surface area contributed by atoms with Gasteiger partial charge in [-0.05, 0) is 65.9 Å². The third-order valence-electron chi connectivity index (χ3n) is 7.56. The molecule has 0 bridgehead atoms. The minimum Gasteiger partial charge on any atom is -0.437 e. The Morgan fingerprint density at radius 1 is 0.718 bits per heavy atom. The van der Waals surface area contributed by atoms with Crippen molar-refractivity contribution in [1.82, 2.24) is 14.5 Å². The third-order valence-corrected chi connectivity index (χ3v) is 7.56. The number of benzene rings is 4. The maximum Gasteiger partial charge on any atom is 0.227 e. The van der Waals surface area contributed by atoms with Crippen LogP contribution in [0.15, 0.2) is 108 Å². The quantitative estimate of drug-likeness (QED) is 0.239. The van der Waals surface area contributed by atoms with Crippen LogP contribution in [-0.2, 0) is 5.41 Å². The number of pyridine rings is 1. The van der Waals surface area contributed by atoms with Crippen molar-refractivity contribution in [2.75, 3.05) is 0 Å². The molecule has 0 unspecified atom stereocenters. The van der Waals surface area contributed by atoms with Gasteiger partial charge in [0.15, 0.2) is 0 Å². The van der Waals surface area contributed by atoms with Crippen LogP contribution < -0.4 is 0 Å². The van der Waals surface area contributed by atoms with Crippen LogP contribution >= 0.6 is 0 Å². The molecule has 7 rings (SSSR count). The Morgan fingerprint density at radius 3 is 2.23 bits per heavy atom. The van der Waals surface area contributed by atoms with Crippen molar-refractivity contribution >= 4 is 33.1 Å². The number of hydrogen-bond acceptors (Lipinski definition) is 3. The van der Waals surface area contributed by atoms with Crippen LogP contribution in [0.3, 0.4) is 0 Å². The first-order chi connectivity index (χ1) is 18.9. The molecule has 7 aromatic rings. The Balaban J connectivity index is 1.48. The van der Waals surface area contributed by atoms with Gasteiger partial charge < -0.3 is 4.42 Å². The highest BCUT2D eigenvalue weighted by Gasteiger charge is 2.22. The highest BCUT2D eigenvalue weighted by atomic mass is 16.3. The average molecular weight is 508 g/mol. The van der Waals surface area contributed by atoms with Gasteiger partial charge in [-0.3, -0.25) is 4.57 Å². The van der Waals surface area contributed by atoms with Crippen molar-refractivity contribution in [3.05, 3.63) is 114 Å². The molecule has 4 nitrogen and oxygen atoms in total. The van der Waals surface area contributed by atoms with Gasteiger partial charge in [0, 0.05) is 22.0 Å². The number of rotatable bonds is 3. The Labute approximate surface area is 227 Å². The molecule has 4 aromatic carbocycles. The molecule has 0 spiro atoms. The second kappa shape index (κ2) is 8.67. The van der Waals surface area contributed by atoms with E-state index in [1.54, 1.807) is 0 Å². The van der Waals surface area contributed by atoms with Gasteiger partial charge in [0.25, 0.3) is 0 Å². The molecular weight excluding hydrogens is 478 g/mol. The molecule has 190 valence electrons. The Hall–Kier alpha value is -4.70. The fourth-order valence-corrected chi connectivity index (χ4v) is 5.45. The van der Waals surface area contributed by atoms with E-state index >= 15 is 0 Å². The summed E-state index contributed by atoms with van der Waals surface area (Å²) >= 11 is 0. The zero-order valence-corrected chi connectivity index (χ0v) is 22.6. The molecule has 0 amide bonds. The summed E-state index contributed by atoms with van der Waals surface area (Å²) < 4.78 is 8.81. The summed E-state index contributed by atoms with van der Waals surface area (Å²) in [6.07, 6.45) is 0. The molecule has 0 atom stereocenters. The smallest absolute Gasteiger partial charge is 0.227 e. The van der Waals surface area contributed by atoms with Gasteiger partial charge in [0.05, 0.1) is 22.3 Å². The van der Waals surface area contributed by atoms with E-state index in [1.165, 1.54) is 5.56 Å². The summed E-state index contributed by atoms with van der Waals surface area (Å²) in [6.45, 7) is 8.84. The number of furan rings is 1. The maximum atomic E-state index is 6.57. The van der Waals surface area contributed by atoms with Crippen molar-refractivity contribution in [1.29, 1.82) is 0 Å². The summed E-state index contributed by atoms with van der Waals surface area (Å²) in [6, 6.07) is 35.8. The summed E-state index contributed by atoms with van der Waals surface area (Å²) in [4.78, 5) is 10.0. The molecule has 0 radical (unpaired) electrons. The predicted molar refractivity (Wildman–Crippen MR) is 160 cm³/mol. The Bertz CT molecular complexity index is 1990. The largest absolute Gasteiger partial charge is 0.437 e. The normalized spacial score (nSPS) is 12.1.